The van der Waals surface area contributed by atoms with Crippen molar-refractivity contribution in [1.82, 2.24) is 0 Å². The number of hydrogen-bond acceptors (Lipinski definition) is 1. The van der Waals surface area contributed by atoms with Gasteiger partial charge in [-0.3, -0.25) is 0 Å². The molecule has 0 fully saturated rings. The maximum Gasteiger partial charge on any atom is 0.175 e. The second kappa shape index (κ2) is 6.57. The molecule has 0 amide bonds. The van der Waals surface area contributed by atoms with E-state index in [1.165, 1.54) is 0 Å². The molecule has 0 saturated heterocycles. The zero-order valence-electron chi connectivity index (χ0n) is 9.58. The highest BCUT2D eigenvalue weighted by atomic mass is 79.9. The van der Waals surface area contributed by atoms with Crippen molar-refractivity contribution in [3.05, 3.63) is 57.0 Å². The van der Waals surface area contributed by atoms with Gasteiger partial charge in [0.15, 0.2) is 5.11 Å². The van der Waals surface area contributed by atoms with Gasteiger partial charge in [-0.25, -0.2) is 0 Å². The van der Waals surface area contributed by atoms with Crippen molar-refractivity contribution in [2.75, 3.05) is 10.6 Å². The number of rotatable bonds is 2. The molecule has 0 bridgehead atoms. The summed E-state index contributed by atoms with van der Waals surface area (Å²) in [6, 6.07) is 12.9. The Morgan fingerprint density at radius 3 is 2.42 bits per heavy atom. The van der Waals surface area contributed by atoms with E-state index in [-0.39, 0.29) is 0 Å². The molecule has 0 unspecified atom stereocenters. The van der Waals surface area contributed by atoms with Crippen molar-refractivity contribution in [1.29, 1.82) is 0 Å². The molecule has 0 aliphatic heterocycles. The average Bonchev–Trinajstić information content (AvgIpc) is 2.37. The summed E-state index contributed by atoms with van der Waals surface area (Å²) in [5.74, 6) is 0. The van der Waals surface area contributed by atoms with Crippen LogP contribution in [0.15, 0.2) is 46.9 Å². The first-order valence-corrected chi connectivity index (χ1v) is 7.29. The highest BCUT2D eigenvalue weighted by Crippen LogP contribution is 2.26. The summed E-state index contributed by atoms with van der Waals surface area (Å²) in [6.45, 7) is 0. The van der Waals surface area contributed by atoms with Gasteiger partial charge in [-0.15, -0.1) is 0 Å². The number of thiocarbonyl (C=S) groups is 1. The van der Waals surface area contributed by atoms with E-state index in [2.05, 4.69) is 26.6 Å². The fraction of sp³-hybridized carbons (Fsp3) is 0. The largest absolute Gasteiger partial charge is 0.332 e. The van der Waals surface area contributed by atoms with Gasteiger partial charge in [0.05, 0.1) is 15.7 Å². The lowest BCUT2D eigenvalue weighted by molar-refractivity contribution is 1.58. The van der Waals surface area contributed by atoms with E-state index in [1.54, 1.807) is 12.1 Å². The van der Waals surface area contributed by atoms with E-state index in [1.807, 2.05) is 30.3 Å². The number of halogens is 3. The van der Waals surface area contributed by atoms with Crippen LogP contribution in [0.25, 0.3) is 0 Å². The highest BCUT2D eigenvalue weighted by molar-refractivity contribution is 9.10. The normalized spacial score (nSPS) is 10.1. The zero-order valence-corrected chi connectivity index (χ0v) is 13.5. The van der Waals surface area contributed by atoms with E-state index in [0.29, 0.717) is 15.2 Å². The maximum absolute atomic E-state index is 6.04. The number of benzene rings is 2. The third kappa shape index (κ3) is 4.08. The molecule has 2 aromatic rings. The Kier molecular flexibility index (Phi) is 5.05. The lowest BCUT2D eigenvalue weighted by Crippen LogP contribution is -2.19. The van der Waals surface area contributed by atoms with Gasteiger partial charge >= 0.3 is 0 Å². The highest BCUT2D eigenvalue weighted by Gasteiger charge is 2.03. The quantitative estimate of drug-likeness (QED) is 0.671. The number of nitrogens with one attached hydrogen (secondary N) is 2. The third-order valence-electron chi connectivity index (χ3n) is 2.30. The predicted octanol–water partition coefficient (Wildman–Crippen LogP) is 5.56. The van der Waals surface area contributed by atoms with Gasteiger partial charge < -0.3 is 10.6 Å². The minimum absolute atomic E-state index is 0.450. The van der Waals surface area contributed by atoms with Gasteiger partial charge in [-0.05, 0) is 58.5 Å². The standard InChI is InChI=1S/C13H9BrCl2N2S/c14-9-6-5-8(7-11(9)16)17-13(19)18-12-4-2-1-3-10(12)15/h1-7H,(H2,17,18,19). The van der Waals surface area contributed by atoms with Crippen molar-refractivity contribution in [2.24, 2.45) is 0 Å². The molecule has 0 saturated carbocycles. The SMILES string of the molecule is S=C(Nc1ccc(Br)c(Cl)c1)Nc1ccccc1Cl. The summed E-state index contributed by atoms with van der Waals surface area (Å²) in [6.07, 6.45) is 0. The van der Waals surface area contributed by atoms with E-state index >= 15 is 0 Å². The van der Waals surface area contributed by atoms with E-state index in [9.17, 15) is 0 Å². The second-order valence-corrected chi connectivity index (χ2v) is 5.76. The number of anilines is 2. The van der Waals surface area contributed by atoms with Crippen LogP contribution in [-0.2, 0) is 0 Å². The summed E-state index contributed by atoms with van der Waals surface area (Å²) >= 11 is 20.6. The van der Waals surface area contributed by atoms with Gasteiger partial charge in [-0.2, -0.15) is 0 Å². The fourth-order valence-electron chi connectivity index (χ4n) is 1.42. The average molecular weight is 376 g/mol. The van der Waals surface area contributed by atoms with Gasteiger partial charge in [0.25, 0.3) is 0 Å². The Labute approximate surface area is 135 Å². The first-order valence-electron chi connectivity index (χ1n) is 5.34. The van der Waals surface area contributed by atoms with Crippen molar-refractivity contribution in [3.63, 3.8) is 0 Å². The van der Waals surface area contributed by atoms with Crippen LogP contribution in [0.1, 0.15) is 0 Å². The molecule has 2 nitrogen and oxygen atoms in total. The first-order chi connectivity index (χ1) is 9.06. The minimum Gasteiger partial charge on any atom is -0.332 e. The van der Waals surface area contributed by atoms with Gasteiger partial charge in [0.1, 0.15) is 0 Å². The van der Waals surface area contributed by atoms with Crippen molar-refractivity contribution in [3.8, 4) is 0 Å². The lowest BCUT2D eigenvalue weighted by atomic mass is 10.3. The van der Waals surface area contributed by atoms with Crippen LogP contribution < -0.4 is 10.6 Å². The van der Waals surface area contributed by atoms with Crippen molar-refractivity contribution < 1.29 is 0 Å². The van der Waals surface area contributed by atoms with Crippen LogP contribution in [0.3, 0.4) is 0 Å². The molecule has 2 aromatic carbocycles. The fourth-order valence-corrected chi connectivity index (χ4v) is 2.26. The Bertz CT molecular complexity index is 619. The molecule has 19 heavy (non-hydrogen) atoms. The molecule has 2 rings (SSSR count). The van der Waals surface area contributed by atoms with Crippen LogP contribution >= 0.6 is 51.3 Å². The summed E-state index contributed by atoms with van der Waals surface area (Å²) in [7, 11) is 0. The molecule has 2 N–H and O–H groups in total. The second-order valence-electron chi connectivity index (χ2n) is 3.69. The van der Waals surface area contributed by atoms with E-state index in [4.69, 9.17) is 35.4 Å². The van der Waals surface area contributed by atoms with Crippen LogP contribution in [0.5, 0.6) is 0 Å². The molecule has 0 aliphatic rings. The molecule has 0 aromatic heterocycles. The Hall–Kier alpha value is -0.810. The minimum atomic E-state index is 0.450. The molecule has 0 spiro atoms. The molecular weight excluding hydrogens is 367 g/mol. The molecule has 0 atom stereocenters. The van der Waals surface area contributed by atoms with Gasteiger partial charge in [0, 0.05) is 10.2 Å². The smallest absolute Gasteiger partial charge is 0.175 e. The molecule has 0 radical (unpaired) electrons. The van der Waals surface area contributed by atoms with Crippen molar-refractivity contribution in [2.45, 2.75) is 0 Å². The zero-order chi connectivity index (χ0) is 13.8. The van der Waals surface area contributed by atoms with Crippen LogP contribution in [-0.4, -0.2) is 5.11 Å². The first kappa shape index (κ1) is 14.6. The van der Waals surface area contributed by atoms with Crippen molar-refractivity contribution >= 4 is 67.8 Å². The maximum atomic E-state index is 6.04. The summed E-state index contributed by atoms with van der Waals surface area (Å²) < 4.78 is 0.838. The molecule has 0 aliphatic carbocycles. The summed E-state index contributed by atoms with van der Waals surface area (Å²) in [4.78, 5) is 0. The van der Waals surface area contributed by atoms with Gasteiger partial charge in [-0.1, -0.05) is 35.3 Å². The molecule has 6 heteroatoms. The van der Waals surface area contributed by atoms with Gasteiger partial charge in [0.2, 0.25) is 0 Å². The Morgan fingerprint density at radius 2 is 1.74 bits per heavy atom. The topological polar surface area (TPSA) is 24.1 Å². The van der Waals surface area contributed by atoms with Crippen LogP contribution in [0, 0.1) is 0 Å². The molecular formula is C13H9BrCl2N2S. The Balaban J connectivity index is 2.05. The lowest BCUT2D eigenvalue weighted by Gasteiger charge is -2.12. The third-order valence-corrected chi connectivity index (χ3v) is 4.07. The molecule has 98 valence electrons. The summed E-state index contributed by atoms with van der Waals surface area (Å²) in [5.41, 5.74) is 1.56. The van der Waals surface area contributed by atoms with E-state index < -0.39 is 0 Å². The van der Waals surface area contributed by atoms with E-state index in [0.717, 1.165) is 15.8 Å². The number of para-hydroxylation sites is 1. The Morgan fingerprint density at radius 1 is 1.00 bits per heavy atom. The molecule has 0 heterocycles. The van der Waals surface area contributed by atoms with Crippen LogP contribution in [0.4, 0.5) is 11.4 Å². The number of hydrogen-bond donors (Lipinski definition) is 2. The monoisotopic (exact) mass is 374 g/mol. The predicted molar refractivity (Wildman–Crippen MR) is 90.4 cm³/mol. The summed E-state index contributed by atoms with van der Waals surface area (Å²) in [5, 5.41) is 7.75. The van der Waals surface area contributed by atoms with Crippen LogP contribution in [0.2, 0.25) is 10.0 Å².